The van der Waals surface area contributed by atoms with Gasteiger partial charge in [0.25, 0.3) is 0 Å². The lowest BCUT2D eigenvalue weighted by atomic mass is 9.97. The molecule has 6 nitrogen and oxygen atoms in total. The largest absolute Gasteiger partial charge is 0.332 e. The maximum Gasteiger partial charge on any atom is 0.317 e. The Morgan fingerprint density at radius 2 is 1.57 bits per heavy atom. The van der Waals surface area contributed by atoms with Crippen molar-refractivity contribution in [2.45, 2.75) is 30.3 Å². The zero-order chi connectivity index (χ0) is 20.7. The van der Waals surface area contributed by atoms with E-state index < -0.39 is 16.1 Å². The summed E-state index contributed by atoms with van der Waals surface area (Å²) in [5.41, 5.74) is 1.55. The van der Waals surface area contributed by atoms with Crippen molar-refractivity contribution in [2.24, 2.45) is 0 Å². The second-order valence-corrected chi connectivity index (χ2v) is 8.54. The summed E-state index contributed by atoms with van der Waals surface area (Å²) in [7, 11) is -0.386. The number of carbonyl (C=O) groups excluding carboxylic acids is 1. The zero-order valence-electron chi connectivity index (χ0n) is 16.4. The Morgan fingerprint density at radius 3 is 2.11 bits per heavy atom. The van der Waals surface area contributed by atoms with Crippen molar-refractivity contribution in [3.05, 3.63) is 78.4 Å². The van der Waals surface area contributed by atoms with Crippen LogP contribution in [0, 0.1) is 0 Å². The number of carbonyl (C=O) groups is 1. The summed E-state index contributed by atoms with van der Waals surface area (Å²) in [5.74, 6) is 0. The molecule has 150 valence electrons. The van der Waals surface area contributed by atoms with Crippen molar-refractivity contribution in [1.82, 2.24) is 14.9 Å². The molecule has 0 aliphatic carbocycles. The van der Waals surface area contributed by atoms with Crippen molar-refractivity contribution >= 4 is 16.1 Å². The second kappa shape index (κ2) is 9.52. The predicted octanol–water partition coefficient (Wildman–Crippen LogP) is 3.31. The van der Waals surface area contributed by atoms with Crippen molar-refractivity contribution < 1.29 is 13.2 Å². The second-order valence-electron chi connectivity index (χ2n) is 6.83. The van der Waals surface area contributed by atoms with Gasteiger partial charge in [0.05, 0.1) is 10.9 Å². The average Bonchev–Trinajstić information content (AvgIpc) is 2.68. The van der Waals surface area contributed by atoms with Gasteiger partial charge in [-0.1, -0.05) is 60.7 Å². The number of sulfonamides is 1. The van der Waals surface area contributed by atoms with Gasteiger partial charge < -0.3 is 10.2 Å². The maximum absolute atomic E-state index is 12.8. The lowest BCUT2D eigenvalue weighted by Crippen LogP contribution is -2.41. The Kier molecular flexibility index (Phi) is 7.37. The van der Waals surface area contributed by atoms with Gasteiger partial charge >= 0.3 is 6.03 Å². The van der Waals surface area contributed by atoms with Gasteiger partial charge in [-0.2, -0.15) is 0 Å². The third kappa shape index (κ3) is 5.94. The van der Waals surface area contributed by atoms with Crippen LogP contribution in [0.2, 0.25) is 0 Å². The van der Waals surface area contributed by atoms with Gasteiger partial charge in [0.1, 0.15) is 0 Å². The standard InChI is InChI=1S/C21H27N3O3S/c1-16(17(2)22-21(25)24(3)4)15-20(18-11-7-5-8-12-18)23-28(26,27)19-13-9-6-10-14-19/h5-14,17,20,23H,1,15H2,2-4H3,(H,22,25)/t17-,20-/m1/s1. The number of hydrogen-bond donors (Lipinski definition) is 2. The summed E-state index contributed by atoms with van der Waals surface area (Å²) < 4.78 is 28.4. The van der Waals surface area contributed by atoms with Crippen molar-refractivity contribution in [2.75, 3.05) is 14.1 Å². The molecule has 0 saturated heterocycles. The Labute approximate surface area is 167 Å². The van der Waals surface area contributed by atoms with Crippen LogP contribution >= 0.6 is 0 Å². The molecular weight excluding hydrogens is 374 g/mol. The molecule has 28 heavy (non-hydrogen) atoms. The van der Waals surface area contributed by atoms with Crippen molar-refractivity contribution in [1.29, 1.82) is 0 Å². The number of hydrogen-bond acceptors (Lipinski definition) is 3. The van der Waals surface area contributed by atoms with E-state index in [4.69, 9.17) is 0 Å². The van der Waals surface area contributed by atoms with Crippen LogP contribution in [-0.2, 0) is 10.0 Å². The first kappa shape index (κ1) is 21.7. The Balaban J connectivity index is 2.21. The van der Waals surface area contributed by atoms with Crippen LogP contribution in [-0.4, -0.2) is 39.5 Å². The predicted molar refractivity (Wildman–Crippen MR) is 111 cm³/mol. The van der Waals surface area contributed by atoms with Crippen LogP contribution in [0.1, 0.15) is 24.9 Å². The van der Waals surface area contributed by atoms with Gasteiger partial charge in [0.2, 0.25) is 10.0 Å². The Bertz CT molecular complexity index is 897. The molecule has 0 spiro atoms. The first-order valence-electron chi connectivity index (χ1n) is 8.98. The summed E-state index contributed by atoms with van der Waals surface area (Å²) >= 11 is 0. The fourth-order valence-electron chi connectivity index (χ4n) is 2.62. The summed E-state index contributed by atoms with van der Waals surface area (Å²) in [6.07, 6.45) is 0.352. The van der Waals surface area contributed by atoms with Gasteiger partial charge in [0, 0.05) is 20.1 Å². The van der Waals surface area contributed by atoms with E-state index in [-0.39, 0.29) is 17.0 Å². The molecule has 0 fully saturated rings. The van der Waals surface area contributed by atoms with E-state index in [2.05, 4.69) is 16.6 Å². The Morgan fingerprint density at radius 1 is 1.04 bits per heavy atom. The lowest BCUT2D eigenvalue weighted by molar-refractivity contribution is 0.215. The number of rotatable bonds is 8. The van der Waals surface area contributed by atoms with E-state index in [0.717, 1.165) is 11.1 Å². The van der Waals surface area contributed by atoms with Gasteiger partial charge in [0.15, 0.2) is 0 Å². The maximum atomic E-state index is 12.8. The van der Waals surface area contributed by atoms with E-state index in [1.165, 1.54) is 4.90 Å². The molecule has 2 atom stereocenters. The molecule has 0 aliphatic rings. The minimum Gasteiger partial charge on any atom is -0.332 e. The normalized spacial score (nSPS) is 13.4. The van der Waals surface area contributed by atoms with Crippen LogP contribution in [0.5, 0.6) is 0 Å². The van der Waals surface area contributed by atoms with Gasteiger partial charge in [-0.05, 0) is 31.0 Å². The molecule has 0 aromatic heterocycles. The molecule has 2 amide bonds. The van der Waals surface area contributed by atoms with Crippen LogP contribution < -0.4 is 10.0 Å². The number of nitrogens with zero attached hydrogens (tertiary/aromatic N) is 1. The minimum absolute atomic E-state index is 0.204. The van der Waals surface area contributed by atoms with Gasteiger partial charge in [-0.15, -0.1) is 0 Å². The van der Waals surface area contributed by atoms with Gasteiger partial charge in [-0.3, -0.25) is 0 Å². The summed E-state index contributed by atoms with van der Waals surface area (Å²) in [4.78, 5) is 13.5. The van der Waals surface area contributed by atoms with E-state index in [1.807, 2.05) is 37.3 Å². The van der Waals surface area contributed by atoms with Crippen LogP contribution in [0.4, 0.5) is 4.79 Å². The van der Waals surface area contributed by atoms with Gasteiger partial charge in [-0.25, -0.2) is 17.9 Å². The number of amides is 2. The molecule has 0 heterocycles. The molecule has 0 radical (unpaired) electrons. The number of benzene rings is 2. The third-order valence-electron chi connectivity index (χ3n) is 4.38. The van der Waals surface area contributed by atoms with E-state index in [0.29, 0.717) is 6.42 Å². The van der Waals surface area contributed by atoms with E-state index in [1.54, 1.807) is 44.4 Å². The molecule has 0 saturated carbocycles. The molecular formula is C21H27N3O3S. The van der Waals surface area contributed by atoms with Crippen molar-refractivity contribution in [3.8, 4) is 0 Å². The highest BCUT2D eigenvalue weighted by atomic mass is 32.2. The fraction of sp³-hybridized carbons (Fsp3) is 0.286. The fourth-order valence-corrected chi connectivity index (χ4v) is 3.87. The molecule has 0 bridgehead atoms. The molecule has 2 aromatic carbocycles. The Hall–Kier alpha value is -2.64. The monoisotopic (exact) mass is 401 g/mol. The van der Waals surface area contributed by atoms with Crippen LogP contribution in [0.15, 0.2) is 77.7 Å². The number of urea groups is 1. The SMILES string of the molecule is C=C(C[C@@H](NS(=O)(=O)c1ccccc1)c1ccccc1)[C@@H](C)NC(=O)N(C)C. The van der Waals surface area contributed by atoms with E-state index in [9.17, 15) is 13.2 Å². The molecule has 2 N–H and O–H groups in total. The average molecular weight is 402 g/mol. The van der Waals surface area contributed by atoms with Crippen LogP contribution in [0.3, 0.4) is 0 Å². The minimum atomic E-state index is -3.70. The summed E-state index contributed by atoms with van der Waals surface area (Å²) in [6.45, 7) is 5.90. The first-order valence-corrected chi connectivity index (χ1v) is 10.5. The summed E-state index contributed by atoms with van der Waals surface area (Å²) in [5, 5.41) is 2.84. The zero-order valence-corrected chi connectivity index (χ0v) is 17.2. The molecule has 7 heteroatoms. The molecule has 0 unspecified atom stereocenters. The highest BCUT2D eigenvalue weighted by Crippen LogP contribution is 2.24. The topological polar surface area (TPSA) is 78.5 Å². The highest BCUT2D eigenvalue weighted by molar-refractivity contribution is 7.89. The van der Waals surface area contributed by atoms with Crippen LogP contribution in [0.25, 0.3) is 0 Å². The smallest absolute Gasteiger partial charge is 0.317 e. The third-order valence-corrected chi connectivity index (χ3v) is 5.87. The first-order chi connectivity index (χ1) is 13.2. The quantitative estimate of drug-likeness (QED) is 0.666. The molecule has 2 aromatic rings. The van der Waals surface area contributed by atoms with Crippen molar-refractivity contribution in [3.63, 3.8) is 0 Å². The lowest BCUT2D eigenvalue weighted by Gasteiger charge is -2.24. The summed E-state index contributed by atoms with van der Waals surface area (Å²) in [6, 6.07) is 16.5. The van der Waals surface area contributed by atoms with E-state index >= 15 is 0 Å². The molecule has 2 rings (SSSR count). The molecule has 0 aliphatic heterocycles. The number of nitrogens with one attached hydrogen (secondary N) is 2. The highest BCUT2D eigenvalue weighted by Gasteiger charge is 2.23.